The predicted octanol–water partition coefficient (Wildman–Crippen LogP) is 7.54. The van der Waals surface area contributed by atoms with Crippen LogP contribution in [0.4, 0.5) is 4.79 Å². The molecule has 198 valence electrons. The lowest BCUT2D eigenvalue weighted by atomic mass is 10.1. The van der Waals surface area contributed by atoms with E-state index in [1.54, 1.807) is 6.08 Å². The van der Waals surface area contributed by atoms with Gasteiger partial charge in [0.2, 0.25) is 0 Å². The van der Waals surface area contributed by atoms with Gasteiger partial charge in [-0.3, -0.25) is 14.5 Å². The number of carbonyl (C=O) groups is 2. The Hall–Kier alpha value is -3.50. The summed E-state index contributed by atoms with van der Waals surface area (Å²) in [6.07, 6.45) is 1.72. The van der Waals surface area contributed by atoms with Gasteiger partial charge in [-0.2, -0.15) is 0 Å². The topological polar surface area (TPSA) is 65.1 Å². The highest BCUT2D eigenvalue weighted by Crippen LogP contribution is 2.38. The Morgan fingerprint density at radius 2 is 1.64 bits per heavy atom. The van der Waals surface area contributed by atoms with E-state index in [0.717, 1.165) is 43.0 Å². The van der Waals surface area contributed by atoms with Crippen molar-refractivity contribution in [2.45, 2.75) is 13.5 Å². The summed E-state index contributed by atoms with van der Waals surface area (Å²) in [4.78, 5) is 27.4. The molecule has 0 saturated carbocycles. The zero-order valence-corrected chi connectivity index (χ0v) is 24.2. The summed E-state index contributed by atoms with van der Waals surface area (Å²) in [5.74, 6) is 1.64. The Kier molecular flexibility index (Phi) is 8.73. The van der Waals surface area contributed by atoms with Crippen LogP contribution < -0.4 is 14.2 Å². The van der Waals surface area contributed by atoms with E-state index in [1.807, 2.05) is 91.9 Å². The molecular weight excluding hydrogens is 625 g/mol. The summed E-state index contributed by atoms with van der Waals surface area (Å²) in [6, 6.07) is 27.4. The average molecular weight is 652 g/mol. The normalized spacial score (nSPS) is 14.3. The third-order valence-electron chi connectivity index (χ3n) is 6.05. The summed E-state index contributed by atoms with van der Waals surface area (Å²) in [6.45, 7) is 3.16. The minimum atomic E-state index is -0.330. The van der Waals surface area contributed by atoms with E-state index in [1.165, 1.54) is 4.90 Å². The van der Waals surface area contributed by atoms with Gasteiger partial charge in [0.05, 0.1) is 21.6 Å². The minimum absolute atomic E-state index is 0.166. The molecule has 6 nitrogen and oxygen atoms in total. The molecule has 2 amide bonds. The molecule has 1 heterocycles. The van der Waals surface area contributed by atoms with Crippen LogP contribution >= 0.6 is 34.4 Å². The number of ether oxygens (including phenoxy) is 3. The molecule has 0 radical (unpaired) electrons. The van der Waals surface area contributed by atoms with Crippen LogP contribution in [0.5, 0.6) is 17.2 Å². The van der Waals surface area contributed by atoms with E-state index in [9.17, 15) is 9.59 Å². The van der Waals surface area contributed by atoms with Gasteiger partial charge in [-0.25, -0.2) is 0 Å². The van der Waals surface area contributed by atoms with Crippen LogP contribution in [-0.2, 0) is 11.4 Å². The van der Waals surface area contributed by atoms with Crippen molar-refractivity contribution in [2.24, 2.45) is 0 Å². The molecule has 1 aliphatic heterocycles. The molecule has 0 unspecified atom stereocenters. The van der Waals surface area contributed by atoms with Gasteiger partial charge in [-0.1, -0.05) is 66.7 Å². The number of thioether (sulfide) groups is 1. The Morgan fingerprint density at radius 3 is 2.46 bits per heavy atom. The fourth-order valence-corrected chi connectivity index (χ4v) is 5.86. The van der Waals surface area contributed by atoms with Gasteiger partial charge in [-0.05, 0) is 82.1 Å². The van der Waals surface area contributed by atoms with Gasteiger partial charge in [0.15, 0.2) is 11.5 Å². The second-order valence-electron chi connectivity index (χ2n) is 8.70. The second-order valence-corrected chi connectivity index (χ2v) is 10.9. The van der Waals surface area contributed by atoms with E-state index in [0.29, 0.717) is 29.6 Å². The average Bonchev–Trinajstić information content (AvgIpc) is 3.20. The number of imide groups is 1. The van der Waals surface area contributed by atoms with Gasteiger partial charge in [0, 0.05) is 5.39 Å². The fourth-order valence-electron chi connectivity index (χ4n) is 4.22. The maximum absolute atomic E-state index is 13.1. The number of carbonyl (C=O) groups excluding carboxylic acids is 2. The number of hydrogen-bond acceptors (Lipinski definition) is 6. The molecule has 4 aromatic rings. The van der Waals surface area contributed by atoms with Crippen molar-refractivity contribution in [3.05, 3.63) is 105 Å². The lowest BCUT2D eigenvalue weighted by molar-refractivity contribution is -0.123. The van der Waals surface area contributed by atoms with E-state index < -0.39 is 0 Å². The van der Waals surface area contributed by atoms with Crippen LogP contribution in [0.2, 0.25) is 0 Å². The van der Waals surface area contributed by atoms with Crippen molar-refractivity contribution in [1.82, 2.24) is 4.90 Å². The van der Waals surface area contributed by atoms with Gasteiger partial charge in [-0.15, -0.1) is 0 Å². The zero-order valence-electron chi connectivity index (χ0n) is 21.3. The molecule has 1 fully saturated rings. The minimum Gasteiger partial charge on any atom is -0.491 e. The number of benzene rings is 4. The highest BCUT2D eigenvalue weighted by Gasteiger charge is 2.35. The SMILES string of the molecule is CCOc1cc(/C=C2\SC(=O)N(CCOc3cccc4ccccc34)C2=O)cc(I)c1OCc1ccccc1. The molecule has 5 rings (SSSR count). The van der Waals surface area contributed by atoms with Crippen molar-refractivity contribution in [3.63, 3.8) is 0 Å². The molecule has 0 N–H and O–H groups in total. The molecule has 0 aliphatic carbocycles. The number of rotatable bonds is 10. The first kappa shape index (κ1) is 27.1. The van der Waals surface area contributed by atoms with Crippen LogP contribution in [0.1, 0.15) is 18.1 Å². The Morgan fingerprint density at radius 1 is 0.872 bits per heavy atom. The molecule has 0 spiro atoms. The molecule has 0 bridgehead atoms. The molecule has 1 aliphatic rings. The van der Waals surface area contributed by atoms with Crippen LogP contribution in [0, 0.1) is 3.57 Å². The first-order valence-electron chi connectivity index (χ1n) is 12.5. The summed E-state index contributed by atoms with van der Waals surface area (Å²) in [5.41, 5.74) is 1.81. The van der Waals surface area contributed by atoms with Crippen LogP contribution in [0.3, 0.4) is 0 Å². The zero-order chi connectivity index (χ0) is 27.2. The van der Waals surface area contributed by atoms with E-state index >= 15 is 0 Å². The van der Waals surface area contributed by atoms with Gasteiger partial charge < -0.3 is 14.2 Å². The Bertz CT molecular complexity index is 1530. The number of nitrogens with zero attached hydrogens (tertiary/aromatic N) is 1. The van der Waals surface area contributed by atoms with Crippen LogP contribution in [0.25, 0.3) is 16.8 Å². The van der Waals surface area contributed by atoms with E-state index in [4.69, 9.17) is 14.2 Å². The quantitative estimate of drug-likeness (QED) is 0.131. The van der Waals surface area contributed by atoms with Gasteiger partial charge in [0.25, 0.3) is 11.1 Å². The number of hydrogen-bond donors (Lipinski definition) is 0. The maximum atomic E-state index is 13.1. The third kappa shape index (κ3) is 6.39. The summed E-state index contributed by atoms with van der Waals surface area (Å²) < 4.78 is 18.8. The number of amides is 2. The van der Waals surface area contributed by atoms with Gasteiger partial charge >= 0.3 is 0 Å². The van der Waals surface area contributed by atoms with Gasteiger partial charge in [0.1, 0.15) is 19.0 Å². The summed E-state index contributed by atoms with van der Waals surface area (Å²) in [7, 11) is 0. The predicted molar refractivity (Wildman–Crippen MR) is 163 cm³/mol. The van der Waals surface area contributed by atoms with E-state index in [-0.39, 0.29) is 24.3 Å². The van der Waals surface area contributed by atoms with E-state index in [2.05, 4.69) is 22.6 Å². The van der Waals surface area contributed by atoms with Crippen molar-refractivity contribution in [2.75, 3.05) is 19.8 Å². The highest BCUT2D eigenvalue weighted by molar-refractivity contribution is 14.1. The lowest BCUT2D eigenvalue weighted by Crippen LogP contribution is -2.32. The number of fused-ring (bicyclic) bond motifs is 1. The highest BCUT2D eigenvalue weighted by atomic mass is 127. The Labute approximate surface area is 245 Å². The smallest absolute Gasteiger partial charge is 0.293 e. The van der Waals surface area contributed by atoms with Crippen LogP contribution in [0.15, 0.2) is 89.8 Å². The number of halogens is 1. The maximum Gasteiger partial charge on any atom is 0.293 e. The molecule has 4 aromatic carbocycles. The van der Waals surface area contributed by atoms with Crippen molar-refractivity contribution in [1.29, 1.82) is 0 Å². The lowest BCUT2D eigenvalue weighted by Gasteiger charge is -2.15. The van der Waals surface area contributed by atoms with Crippen molar-refractivity contribution in [3.8, 4) is 17.2 Å². The molecular formula is C31H26INO5S. The molecule has 0 atom stereocenters. The third-order valence-corrected chi connectivity index (χ3v) is 7.76. The molecule has 1 saturated heterocycles. The monoisotopic (exact) mass is 651 g/mol. The molecule has 8 heteroatoms. The Balaban J connectivity index is 1.28. The van der Waals surface area contributed by atoms with Crippen molar-refractivity contribution < 1.29 is 23.8 Å². The second kappa shape index (κ2) is 12.6. The van der Waals surface area contributed by atoms with Crippen LogP contribution in [-0.4, -0.2) is 35.8 Å². The summed E-state index contributed by atoms with van der Waals surface area (Å²) >= 11 is 3.13. The molecule has 39 heavy (non-hydrogen) atoms. The first-order valence-corrected chi connectivity index (χ1v) is 14.4. The molecule has 0 aromatic heterocycles. The largest absolute Gasteiger partial charge is 0.491 e. The van der Waals surface area contributed by atoms with Crippen molar-refractivity contribution >= 4 is 62.3 Å². The first-order chi connectivity index (χ1) is 19.0. The standard InChI is InChI=1S/C31H26INO5S/c1-2-36-27-18-22(17-25(32)29(27)38-20-21-9-4-3-5-10-21)19-28-30(34)33(31(35)39-28)15-16-37-26-14-8-12-23-11-6-7-13-24(23)26/h3-14,17-19H,2,15-16,20H2,1H3/b28-19-. The fraction of sp³-hybridized carbons (Fsp3) is 0.161. The summed E-state index contributed by atoms with van der Waals surface area (Å²) in [5, 5.41) is 1.75.